The molecule has 0 saturated heterocycles. The van der Waals surface area contributed by atoms with E-state index in [0.717, 1.165) is 36.2 Å². The molecule has 4 nitrogen and oxygen atoms in total. The first-order valence-corrected chi connectivity index (χ1v) is 7.71. The zero-order chi connectivity index (χ0) is 14.4. The molecule has 1 heterocycles. The van der Waals surface area contributed by atoms with Crippen LogP contribution in [0.1, 0.15) is 30.1 Å². The second-order valence-electron chi connectivity index (χ2n) is 4.87. The fourth-order valence-electron chi connectivity index (χ4n) is 2.18. The van der Waals surface area contributed by atoms with E-state index >= 15 is 0 Å². The second-order valence-corrected chi connectivity index (χ2v) is 5.79. The highest BCUT2D eigenvalue weighted by Gasteiger charge is 2.11. The lowest BCUT2D eigenvalue weighted by molar-refractivity contribution is 0.0937. The van der Waals surface area contributed by atoms with Gasteiger partial charge in [-0.15, -0.1) is 0 Å². The number of nitrogens with zero attached hydrogens (tertiary/aromatic N) is 1. The van der Waals surface area contributed by atoms with E-state index in [1.807, 2.05) is 12.1 Å². The number of benzene rings is 1. The van der Waals surface area contributed by atoms with E-state index in [2.05, 4.69) is 44.7 Å². The Hall–Kier alpha value is -1.33. The largest absolute Gasteiger partial charge is 0.303 e. The van der Waals surface area contributed by atoms with Crippen molar-refractivity contribution in [3.8, 4) is 0 Å². The molecule has 0 atom stereocenters. The van der Waals surface area contributed by atoms with Crippen molar-refractivity contribution in [3.05, 3.63) is 46.1 Å². The van der Waals surface area contributed by atoms with Crippen molar-refractivity contribution in [1.29, 1.82) is 0 Å². The van der Waals surface area contributed by atoms with E-state index in [1.54, 1.807) is 12.1 Å². The predicted molar refractivity (Wildman–Crippen MR) is 84.2 cm³/mol. The molecule has 0 saturated carbocycles. The zero-order valence-corrected chi connectivity index (χ0v) is 13.2. The van der Waals surface area contributed by atoms with Gasteiger partial charge in [0.1, 0.15) is 0 Å². The van der Waals surface area contributed by atoms with E-state index < -0.39 is 0 Å². The Morgan fingerprint density at radius 3 is 2.95 bits per heavy atom. The molecule has 1 aliphatic rings. The highest BCUT2D eigenvalue weighted by Crippen LogP contribution is 2.11. The lowest BCUT2D eigenvalue weighted by Gasteiger charge is -2.26. The Kier molecular flexibility index (Phi) is 5.61. The van der Waals surface area contributed by atoms with Crippen molar-refractivity contribution in [2.45, 2.75) is 19.8 Å². The van der Waals surface area contributed by atoms with Crippen LogP contribution in [0.5, 0.6) is 0 Å². The summed E-state index contributed by atoms with van der Waals surface area (Å²) in [5.74, 6) is -0.122. The van der Waals surface area contributed by atoms with E-state index in [9.17, 15) is 4.79 Å². The molecule has 1 aromatic carbocycles. The summed E-state index contributed by atoms with van der Waals surface area (Å²) in [6.45, 7) is 5.31. The van der Waals surface area contributed by atoms with Gasteiger partial charge in [0.05, 0.1) is 0 Å². The Balaban J connectivity index is 1.82. The van der Waals surface area contributed by atoms with E-state index in [0.29, 0.717) is 5.56 Å². The van der Waals surface area contributed by atoms with Crippen molar-refractivity contribution >= 4 is 21.8 Å². The van der Waals surface area contributed by atoms with Crippen LogP contribution in [0, 0.1) is 0 Å². The van der Waals surface area contributed by atoms with Crippen molar-refractivity contribution in [1.82, 2.24) is 15.8 Å². The van der Waals surface area contributed by atoms with Gasteiger partial charge in [0.25, 0.3) is 5.91 Å². The maximum atomic E-state index is 12.0. The van der Waals surface area contributed by atoms with Crippen LogP contribution in [-0.2, 0) is 0 Å². The van der Waals surface area contributed by atoms with Gasteiger partial charge >= 0.3 is 0 Å². The first-order chi connectivity index (χ1) is 9.69. The topological polar surface area (TPSA) is 44.4 Å². The fourth-order valence-corrected chi connectivity index (χ4v) is 2.58. The van der Waals surface area contributed by atoms with Gasteiger partial charge in [0, 0.05) is 35.2 Å². The Bertz CT molecular complexity index is 502. The third-order valence-corrected chi connectivity index (χ3v) is 3.75. The number of nitrogens with one attached hydrogen (secondary N) is 2. The highest BCUT2D eigenvalue weighted by atomic mass is 79.9. The van der Waals surface area contributed by atoms with Gasteiger partial charge in [-0.05, 0) is 37.2 Å². The Labute approximate surface area is 128 Å². The minimum absolute atomic E-state index is 0.122. The smallest absolute Gasteiger partial charge is 0.269 e. The molecule has 1 aliphatic heterocycles. The summed E-state index contributed by atoms with van der Waals surface area (Å²) in [6, 6.07) is 7.34. The molecule has 0 fully saturated rings. The maximum absolute atomic E-state index is 12.0. The van der Waals surface area contributed by atoms with Crippen molar-refractivity contribution in [2.24, 2.45) is 0 Å². The van der Waals surface area contributed by atoms with Crippen LogP contribution in [-0.4, -0.2) is 30.4 Å². The first-order valence-electron chi connectivity index (χ1n) is 6.92. The third-order valence-electron chi connectivity index (χ3n) is 3.26. The van der Waals surface area contributed by atoms with Crippen molar-refractivity contribution in [2.75, 3.05) is 19.6 Å². The number of halogens is 1. The third kappa shape index (κ3) is 4.35. The minimum atomic E-state index is -0.122. The van der Waals surface area contributed by atoms with Crippen LogP contribution in [0.4, 0.5) is 0 Å². The van der Waals surface area contributed by atoms with Crippen LogP contribution in [0.15, 0.2) is 40.5 Å². The highest BCUT2D eigenvalue weighted by molar-refractivity contribution is 9.10. The van der Waals surface area contributed by atoms with Gasteiger partial charge < -0.3 is 5.43 Å². The Morgan fingerprint density at radius 2 is 2.30 bits per heavy atom. The number of amides is 1. The van der Waals surface area contributed by atoms with Gasteiger partial charge in [-0.1, -0.05) is 28.9 Å². The molecule has 5 heteroatoms. The molecule has 0 aliphatic carbocycles. The molecular weight excluding hydrogens is 318 g/mol. The summed E-state index contributed by atoms with van der Waals surface area (Å²) in [4.78, 5) is 14.4. The molecule has 108 valence electrons. The lowest BCUT2D eigenvalue weighted by atomic mass is 10.2. The van der Waals surface area contributed by atoms with Crippen molar-refractivity contribution in [3.63, 3.8) is 0 Å². The molecule has 0 spiro atoms. The molecule has 2 rings (SSSR count). The SMILES string of the molecule is CCCN1CC=C(NNC(=O)c2cccc(Br)c2)CC1. The van der Waals surface area contributed by atoms with Gasteiger partial charge in [-0.2, -0.15) is 0 Å². The van der Waals surface area contributed by atoms with Gasteiger partial charge in [-0.3, -0.25) is 15.1 Å². The maximum Gasteiger partial charge on any atom is 0.269 e. The fraction of sp³-hybridized carbons (Fsp3) is 0.400. The number of hydrogen-bond donors (Lipinski definition) is 2. The molecule has 0 unspecified atom stereocenters. The van der Waals surface area contributed by atoms with Gasteiger partial charge in [0.2, 0.25) is 0 Å². The second kappa shape index (κ2) is 7.45. The number of hydrazine groups is 1. The molecule has 0 bridgehead atoms. The molecule has 0 aromatic heterocycles. The summed E-state index contributed by atoms with van der Waals surface area (Å²) >= 11 is 3.36. The van der Waals surface area contributed by atoms with Gasteiger partial charge in [0.15, 0.2) is 0 Å². The normalized spacial score (nSPS) is 15.6. The lowest BCUT2D eigenvalue weighted by Crippen LogP contribution is -2.40. The van der Waals surface area contributed by atoms with Gasteiger partial charge in [-0.25, -0.2) is 0 Å². The average Bonchev–Trinajstić information content (AvgIpc) is 2.46. The van der Waals surface area contributed by atoms with Crippen LogP contribution in [0.25, 0.3) is 0 Å². The minimum Gasteiger partial charge on any atom is -0.303 e. The monoisotopic (exact) mass is 337 g/mol. The molecule has 1 aromatic rings. The average molecular weight is 338 g/mol. The molecule has 2 N–H and O–H groups in total. The summed E-state index contributed by atoms with van der Waals surface area (Å²) in [7, 11) is 0. The van der Waals surface area contributed by atoms with Crippen LogP contribution >= 0.6 is 15.9 Å². The number of hydrogen-bond acceptors (Lipinski definition) is 3. The van der Waals surface area contributed by atoms with Crippen molar-refractivity contribution < 1.29 is 4.79 Å². The molecule has 0 radical (unpaired) electrons. The first kappa shape index (κ1) is 15.1. The van der Waals surface area contributed by atoms with E-state index in [4.69, 9.17) is 0 Å². The summed E-state index contributed by atoms with van der Waals surface area (Å²) < 4.78 is 0.900. The quantitative estimate of drug-likeness (QED) is 0.812. The van der Waals surface area contributed by atoms with E-state index in [1.165, 1.54) is 6.42 Å². The molecule has 1 amide bonds. The summed E-state index contributed by atoms with van der Waals surface area (Å²) in [5, 5.41) is 0. The van der Waals surface area contributed by atoms with E-state index in [-0.39, 0.29) is 5.91 Å². The standard InChI is InChI=1S/C15H20BrN3O/c1-2-8-19-9-6-14(7-10-19)17-18-15(20)12-4-3-5-13(16)11-12/h3-6,11,17H,2,7-10H2,1H3,(H,18,20). The van der Waals surface area contributed by atoms with Crippen LogP contribution in [0.2, 0.25) is 0 Å². The number of rotatable bonds is 5. The predicted octanol–water partition coefficient (Wildman–Crippen LogP) is 2.68. The number of carbonyl (C=O) groups excluding carboxylic acids is 1. The van der Waals surface area contributed by atoms with Crippen LogP contribution in [0.3, 0.4) is 0 Å². The molecular formula is C15H20BrN3O. The molecule has 20 heavy (non-hydrogen) atoms. The Morgan fingerprint density at radius 1 is 1.45 bits per heavy atom. The zero-order valence-electron chi connectivity index (χ0n) is 11.7. The summed E-state index contributed by atoms with van der Waals surface area (Å²) in [5.41, 5.74) is 7.49. The summed E-state index contributed by atoms with van der Waals surface area (Å²) in [6.07, 6.45) is 4.26. The number of carbonyl (C=O) groups is 1. The van der Waals surface area contributed by atoms with Crippen LogP contribution < -0.4 is 10.9 Å².